The number of hydrogen-bond donors (Lipinski definition) is 2. The van der Waals surface area contributed by atoms with E-state index in [2.05, 4.69) is 15.0 Å². The number of carbonyl (C=O) groups excluding carboxylic acids is 1. The van der Waals surface area contributed by atoms with Crippen molar-refractivity contribution in [3.63, 3.8) is 0 Å². The second-order valence-corrected chi connectivity index (χ2v) is 9.30. The van der Waals surface area contributed by atoms with Gasteiger partial charge in [0, 0.05) is 17.0 Å². The topological polar surface area (TPSA) is 102 Å². The number of nitrogens with one attached hydrogen (secondary N) is 1. The van der Waals surface area contributed by atoms with Crippen LogP contribution in [0.3, 0.4) is 0 Å². The maximum absolute atomic E-state index is 13.8. The molecule has 0 saturated carbocycles. The van der Waals surface area contributed by atoms with Crippen LogP contribution in [0.1, 0.15) is 25.0 Å². The number of primary amides is 1. The third-order valence-corrected chi connectivity index (χ3v) is 6.27. The van der Waals surface area contributed by atoms with Crippen molar-refractivity contribution in [1.82, 2.24) is 15.0 Å². The smallest absolute Gasteiger partial charge is 0.369 e. The Balaban J connectivity index is 1.87. The summed E-state index contributed by atoms with van der Waals surface area (Å²) in [5, 5.41) is 0.420. The first-order chi connectivity index (χ1) is 15.4. The number of hydrogen-bond acceptors (Lipinski definition) is 5. The Kier molecular flexibility index (Phi) is 5.57. The lowest BCUT2D eigenvalue weighted by molar-refractivity contribution is -0.137. The number of halogens is 3. The van der Waals surface area contributed by atoms with Crippen molar-refractivity contribution in [3.8, 4) is 22.1 Å². The van der Waals surface area contributed by atoms with Gasteiger partial charge in [-0.05, 0) is 36.2 Å². The molecule has 0 unspecified atom stereocenters. The van der Waals surface area contributed by atoms with Crippen LogP contribution in [0.15, 0.2) is 53.3 Å². The first-order valence-corrected chi connectivity index (χ1v) is 10.7. The Bertz CT molecular complexity index is 1390. The zero-order chi connectivity index (χ0) is 24.0. The highest BCUT2D eigenvalue weighted by molar-refractivity contribution is 7.21. The van der Waals surface area contributed by atoms with Gasteiger partial charge in [0.1, 0.15) is 16.5 Å². The zero-order valence-corrected chi connectivity index (χ0v) is 18.5. The van der Waals surface area contributed by atoms with Gasteiger partial charge >= 0.3 is 6.18 Å². The van der Waals surface area contributed by atoms with Crippen LogP contribution in [0.4, 0.5) is 13.2 Å². The molecule has 0 aliphatic carbocycles. The summed E-state index contributed by atoms with van der Waals surface area (Å²) < 4.78 is 42.2. The molecular formula is C23H19F3N4O2S. The number of carbonyl (C=O) groups is 1. The van der Waals surface area contributed by atoms with Crippen molar-refractivity contribution in [2.45, 2.75) is 26.4 Å². The second-order valence-electron chi connectivity index (χ2n) is 8.27. The van der Waals surface area contributed by atoms with E-state index in [9.17, 15) is 22.8 Å². The average Bonchev–Trinajstić information content (AvgIpc) is 3.16. The number of nitrogens with zero attached hydrogens (tertiary/aromatic N) is 2. The highest BCUT2D eigenvalue weighted by atomic mass is 32.1. The third-order valence-electron chi connectivity index (χ3n) is 5.21. The molecule has 0 saturated heterocycles. The Labute approximate surface area is 190 Å². The Morgan fingerprint density at radius 3 is 2.48 bits per heavy atom. The summed E-state index contributed by atoms with van der Waals surface area (Å²) in [7, 11) is 0. The van der Waals surface area contributed by atoms with Crippen molar-refractivity contribution < 1.29 is 18.0 Å². The van der Waals surface area contributed by atoms with Crippen LogP contribution < -0.4 is 11.3 Å². The fourth-order valence-corrected chi connectivity index (χ4v) is 4.34. The fourth-order valence-electron chi connectivity index (χ4n) is 3.42. The minimum Gasteiger partial charge on any atom is -0.369 e. The Morgan fingerprint density at radius 1 is 1.09 bits per heavy atom. The number of aromatic nitrogens is 3. The van der Waals surface area contributed by atoms with Gasteiger partial charge in [-0.25, -0.2) is 9.97 Å². The van der Waals surface area contributed by atoms with Crippen LogP contribution in [0.2, 0.25) is 0 Å². The SMILES string of the molecule is CC(C)(Cc1ccc(C(F)(F)F)c(-c2nc(-c3nc4ccccc4s3)cc(=O)[nH]2)c1)C(N)=O. The van der Waals surface area contributed by atoms with Crippen LogP contribution in [-0.4, -0.2) is 20.9 Å². The summed E-state index contributed by atoms with van der Waals surface area (Å²) in [4.78, 5) is 35.3. The fraction of sp³-hybridized carbons (Fsp3) is 0.217. The summed E-state index contributed by atoms with van der Waals surface area (Å²) in [6.45, 7) is 3.22. The maximum atomic E-state index is 13.8. The van der Waals surface area contributed by atoms with E-state index in [1.807, 2.05) is 18.2 Å². The summed E-state index contributed by atoms with van der Waals surface area (Å²) in [6, 6.07) is 12.0. The summed E-state index contributed by atoms with van der Waals surface area (Å²) in [5.74, 6) is -0.809. The maximum Gasteiger partial charge on any atom is 0.417 e. The molecule has 0 radical (unpaired) electrons. The normalized spacial score (nSPS) is 12.3. The van der Waals surface area contributed by atoms with Gasteiger partial charge in [-0.2, -0.15) is 13.2 Å². The van der Waals surface area contributed by atoms with Crippen molar-refractivity contribution >= 4 is 27.5 Å². The molecule has 4 aromatic rings. The molecule has 170 valence electrons. The van der Waals surface area contributed by atoms with E-state index in [4.69, 9.17) is 5.73 Å². The summed E-state index contributed by atoms with van der Waals surface area (Å²) >= 11 is 1.29. The van der Waals surface area contributed by atoms with E-state index in [1.54, 1.807) is 19.9 Å². The van der Waals surface area contributed by atoms with Crippen molar-refractivity contribution in [2.75, 3.05) is 0 Å². The molecule has 0 fully saturated rings. The molecule has 0 aliphatic heterocycles. The van der Waals surface area contributed by atoms with Crippen LogP contribution in [0, 0.1) is 5.41 Å². The van der Waals surface area contributed by atoms with Crippen molar-refractivity contribution in [2.24, 2.45) is 11.1 Å². The second kappa shape index (κ2) is 8.11. The molecule has 0 spiro atoms. The van der Waals surface area contributed by atoms with Crippen LogP contribution >= 0.6 is 11.3 Å². The molecular weight excluding hydrogens is 453 g/mol. The van der Waals surface area contributed by atoms with E-state index >= 15 is 0 Å². The predicted octanol–water partition coefficient (Wildman–Crippen LogP) is 4.79. The quantitative estimate of drug-likeness (QED) is 0.436. The minimum absolute atomic E-state index is 0.120. The summed E-state index contributed by atoms with van der Waals surface area (Å²) in [6.07, 6.45) is -4.56. The number of amides is 1. The lowest BCUT2D eigenvalue weighted by Gasteiger charge is -2.21. The van der Waals surface area contributed by atoms with Gasteiger partial charge in [-0.3, -0.25) is 9.59 Å². The standard InChI is InChI=1S/C23H19F3N4O2S/c1-22(2,21(27)32)11-12-7-8-14(23(24,25)26)13(9-12)19-28-16(10-18(31)30-19)20-29-15-5-3-4-6-17(15)33-20/h3-10H,11H2,1-2H3,(H2,27,32)(H,28,30,31). The number of fused-ring (bicyclic) bond motifs is 1. The summed E-state index contributed by atoms with van der Waals surface area (Å²) in [5.41, 5.74) is 3.92. The molecule has 0 atom stereocenters. The predicted molar refractivity (Wildman–Crippen MR) is 121 cm³/mol. The number of aromatic amines is 1. The van der Waals surface area contributed by atoms with E-state index in [0.29, 0.717) is 16.1 Å². The minimum atomic E-state index is -4.68. The van der Waals surface area contributed by atoms with E-state index in [1.165, 1.54) is 29.5 Å². The molecule has 6 nitrogen and oxygen atoms in total. The average molecular weight is 472 g/mol. The van der Waals surface area contributed by atoms with Crippen LogP contribution in [0.25, 0.3) is 32.3 Å². The number of benzene rings is 2. The number of alkyl halides is 3. The molecule has 2 aromatic heterocycles. The molecule has 33 heavy (non-hydrogen) atoms. The van der Waals surface area contributed by atoms with E-state index in [-0.39, 0.29) is 23.5 Å². The largest absolute Gasteiger partial charge is 0.417 e. The number of para-hydroxylation sites is 1. The van der Waals surface area contributed by atoms with Crippen molar-refractivity contribution in [1.29, 1.82) is 0 Å². The van der Waals surface area contributed by atoms with Crippen LogP contribution in [-0.2, 0) is 17.4 Å². The zero-order valence-electron chi connectivity index (χ0n) is 17.7. The third kappa shape index (κ3) is 4.65. The molecule has 1 amide bonds. The highest BCUT2D eigenvalue weighted by Crippen LogP contribution is 2.38. The molecule has 0 bridgehead atoms. The van der Waals surface area contributed by atoms with Gasteiger partial charge in [-0.15, -0.1) is 11.3 Å². The molecule has 0 aliphatic rings. The lowest BCUT2D eigenvalue weighted by Crippen LogP contribution is -2.33. The number of nitrogens with two attached hydrogens (primary N) is 1. The molecule has 2 aromatic carbocycles. The van der Waals surface area contributed by atoms with Crippen molar-refractivity contribution in [3.05, 3.63) is 70.0 Å². The number of H-pyrrole nitrogens is 1. The molecule has 10 heteroatoms. The van der Waals surface area contributed by atoms with Gasteiger partial charge in [-0.1, -0.05) is 32.0 Å². The molecule has 4 rings (SSSR count). The van der Waals surface area contributed by atoms with E-state index in [0.717, 1.165) is 10.8 Å². The Hall–Kier alpha value is -3.53. The van der Waals surface area contributed by atoms with Gasteiger partial charge < -0.3 is 10.7 Å². The first-order valence-electron chi connectivity index (χ1n) is 9.92. The van der Waals surface area contributed by atoms with Crippen LogP contribution in [0.5, 0.6) is 0 Å². The van der Waals surface area contributed by atoms with Gasteiger partial charge in [0.25, 0.3) is 5.56 Å². The molecule has 3 N–H and O–H groups in total. The highest BCUT2D eigenvalue weighted by Gasteiger charge is 2.35. The van der Waals surface area contributed by atoms with Gasteiger partial charge in [0.15, 0.2) is 0 Å². The monoisotopic (exact) mass is 472 g/mol. The number of thiazole rings is 1. The van der Waals surface area contributed by atoms with E-state index < -0.39 is 28.6 Å². The Morgan fingerprint density at radius 2 is 1.82 bits per heavy atom. The molecule has 2 heterocycles. The van der Waals surface area contributed by atoms with Gasteiger partial charge in [0.05, 0.1) is 15.8 Å². The first kappa shape index (κ1) is 22.7. The van der Waals surface area contributed by atoms with Gasteiger partial charge in [0.2, 0.25) is 5.91 Å². The lowest BCUT2D eigenvalue weighted by atomic mass is 9.84. The number of rotatable bonds is 5.